The predicted molar refractivity (Wildman–Crippen MR) is 110 cm³/mol. The summed E-state index contributed by atoms with van der Waals surface area (Å²) >= 11 is 0. The first-order valence-electron chi connectivity index (χ1n) is 9.87. The van der Waals surface area contributed by atoms with Crippen LogP contribution < -0.4 is 0 Å². The maximum Gasteiger partial charge on any atom is 0.407 e. The molecule has 0 saturated carbocycles. The topological polar surface area (TPSA) is 126 Å². The van der Waals surface area contributed by atoms with Crippen molar-refractivity contribution in [2.45, 2.75) is 31.7 Å². The van der Waals surface area contributed by atoms with Crippen molar-refractivity contribution in [1.82, 2.24) is 14.8 Å². The number of aromatic nitrogens is 1. The number of benzene rings is 1. The third kappa shape index (κ3) is 5.54. The van der Waals surface area contributed by atoms with Crippen molar-refractivity contribution < 1.29 is 24.4 Å². The van der Waals surface area contributed by atoms with E-state index in [4.69, 9.17) is 4.74 Å². The molecule has 1 aromatic heterocycles. The predicted octanol–water partition coefficient (Wildman–Crippen LogP) is 2.79. The SMILES string of the molecule is CN(C(=O)c1ccnc(C(CN(Cc2ccccc2)C(=O)O)[N+](=O)[O-])c1)C1CCCO1. The van der Waals surface area contributed by atoms with E-state index in [-0.39, 0.29) is 29.9 Å². The van der Waals surface area contributed by atoms with Crippen LogP contribution in [-0.2, 0) is 11.3 Å². The number of carbonyl (C=O) groups is 2. The van der Waals surface area contributed by atoms with Crippen molar-refractivity contribution in [3.8, 4) is 0 Å². The number of nitrogens with zero attached hydrogens (tertiary/aromatic N) is 4. The molecule has 3 rings (SSSR count). The highest BCUT2D eigenvalue weighted by molar-refractivity contribution is 5.94. The van der Waals surface area contributed by atoms with Crippen molar-refractivity contribution in [1.29, 1.82) is 0 Å². The Hall–Kier alpha value is -3.53. The lowest BCUT2D eigenvalue weighted by Crippen LogP contribution is -2.37. The molecule has 1 aliphatic rings. The second-order valence-corrected chi connectivity index (χ2v) is 7.30. The van der Waals surface area contributed by atoms with Gasteiger partial charge in [-0.25, -0.2) is 4.79 Å². The monoisotopic (exact) mass is 428 g/mol. The van der Waals surface area contributed by atoms with Gasteiger partial charge in [0.25, 0.3) is 11.9 Å². The van der Waals surface area contributed by atoms with Gasteiger partial charge >= 0.3 is 6.09 Å². The summed E-state index contributed by atoms with van der Waals surface area (Å²) in [4.78, 5) is 42.2. The fourth-order valence-electron chi connectivity index (χ4n) is 3.46. The molecule has 0 radical (unpaired) electrons. The van der Waals surface area contributed by atoms with Crippen molar-refractivity contribution in [3.05, 3.63) is 75.6 Å². The van der Waals surface area contributed by atoms with Crippen LogP contribution in [0.2, 0.25) is 0 Å². The van der Waals surface area contributed by atoms with E-state index in [0.717, 1.165) is 17.7 Å². The molecule has 1 N–H and O–H groups in total. The molecule has 0 spiro atoms. The Kier molecular flexibility index (Phi) is 7.14. The zero-order valence-electron chi connectivity index (χ0n) is 17.1. The van der Waals surface area contributed by atoms with Crippen LogP contribution in [-0.4, -0.2) is 63.2 Å². The number of pyridine rings is 1. The normalized spacial score (nSPS) is 16.5. The van der Waals surface area contributed by atoms with E-state index in [1.54, 1.807) is 37.4 Å². The molecule has 1 aromatic carbocycles. The molecule has 2 aromatic rings. The van der Waals surface area contributed by atoms with E-state index in [1.807, 2.05) is 0 Å². The van der Waals surface area contributed by atoms with Gasteiger partial charge in [0.2, 0.25) is 0 Å². The Morgan fingerprint density at radius 3 is 2.68 bits per heavy atom. The number of ether oxygens (including phenoxy) is 1. The van der Waals surface area contributed by atoms with E-state index in [2.05, 4.69) is 4.98 Å². The molecule has 2 amide bonds. The Bertz CT molecular complexity index is 932. The maximum atomic E-state index is 12.8. The lowest BCUT2D eigenvalue weighted by molar-refractivity contribution is -0.529. The molecule has 164 valence electrons. The molecule has 10 heteroatoms. The molecule has 1 fully saturated rings. The van der Waals surface area contributed by atoms with Gasteiger partial charge in [0.1, 0.15) is 11.9 Å². The van der Waals surface area contributed by atoms with Gasteiger partial charge in [-0.1, -0.05) is 30.3 Å². The number of hydrogen-bond acceptors (Lipinski definition) is 6. The minimum Gasteiger partial charge on any atom is -0.465 e. The minimum absolute atomic E-state index is 0.000884. The standard InChI is InChI=1S/C21H24N4O6/c1-23(19-8-5-11-31-19)20(26)16-9-10-22-17(12-16)18(25(29)30)14-24(21(27)28)13-15-6-3-2-4-7-15/h2-4,6-7,9-10,12,18-19H,5,8,11,13-14H2,1H3,(H,27,28). The van der Waals surface area contributed by atoms with E-state index >= 15 is 0 Å². The first-order valence-corrected chi connectivity index (χ1v) is 9.87. The third-order valence-corrected chi connectivity index (χ3v) is 5.16. The summed E-state index contributed by atoms with van der Waals surface area (Å²) in [7, 11) is 1.62. The van der Waals surface area contributed by atoms with Crippen LogP contribution in [0.1, 0.15) is 40.5 Å². The highest BCUT2D eigenvalue weighted by atomic mass is 16.6. The molecule has 31 heavy (non-hydrogen) atoms. The molecule has 1 aliphatic heterocycles. The smallest absolute Gasteiger partial charge is 0.407 e. The Morgan fingerprint density at radius 2 is 2.06 bits per heavy atom. The van der Waals surface area contributed by atoms with Gasteiger partial charge in [-0.2, -0.15) is 0 Å². The fourth-order valence-corrected chi connectivity index (χ4v) is 3.46. The molecular weight excluding hydrogens is 404 g/mol. The summed E-state index contributed by atoms with van der Waals surface area (Å²) in [5.74, 6) is -0.336. The highest BCUT2D eigenvalue weighted by Crippen LogP contribution is 2.21. The Labute approximate surface area is 179 Å². The van der Waals surface area contributed by atoms with Gasteiger partial charge in [-0.05, 0) is 30.5 Å². The van der Waals surface area contributed by atoms with E-state index in [9.17, 15) is 24.8 Å². The molecule has 0 bridgehead atoms. The third-order valence-electron chi connectivity index (χ3n) is 5.16. The van der Waals surface area contributed by atoms with Crippen molar-refractivity contribution >= 4 is 12.0 Å². The van der Waals surface area contributed by atoms with Gasteiger partial charge in [-0.15, -0.1) is 0 Å². The molecular formula is C21H24N4O6. The summed E-state index contributed by atoms with van der Waals surface area (Å²) in [6.07, 6.45) is 1.31. The van der Waals surface area contributed by atoms with E-state index in [1.165, 1.54) is 23.2 Å². The van der Waals surface area contributed by atoms with Crippen LogP contribution in [0.5, 0.6) is 0 Å². The quantitative estimate of drug-likeness (QED) is 0.506. The maximum absolute atomic E-state index is 12.8. The number of rotatable bonds is 8. The van der Waals surface area contributed by atoms with E-state index in [0.29, 0.717) is 12.2 Å². The lowest BCUT2D eigenvalue weighted by atomic mass is 10.1. The number of hydrogen-bond donors (Lipinski definition) is 1. The molecule has 10 nitrogen and oxygen atoms in total. The lowest BCUT2D eigenvalue weighted by Gasteiger charge is -2.24. The van der Waals surface area contributed by atoms with Crippen LogP contribution >= 0.6 is 0 Å². The first kappa shape index (κ1) is 22.2. The second kappa shape index (κ2) is 9.98. The zero-order chi connectivity index (χ0) is 22.4. The van der Waals surface area contributed by atoms with Gasteiger partial charge in [0.05, 0.1) is 6.54 Å². The summed E-state index contributed by atoms with van der Waals surface area (Å²) in [5.41, 5.74) is 0.970. The van der Waals surface area contributed by atoms with Crippen LogP contribution in [0.25, 0.3) is 0 Å². The highest BCUT2D eigenvalue weighted by Gasteiger charge is 2.31. The Balaban J connectivity index is 1.80. The van der Waals surface area contributed by atoms with Crippen LogP contribution in [0.15, 0.2) is 48.7 Å². The molecule has 1 saturated heterocycles. The van der Waals surface area contributed by atoms with Crippen LogP contribution in [0.4, 0.5) is 4.79 Å². The van der Waals surface area contributed by atoms with Crippen molar-refractivity contribution in [2.24, 2.45) is 0 Å². The van der Waals surface area contributed by atoms with Crippen molar-refractivity contribution in [2.75, 3.05) is 20.2 Å². The van der Waals surface area contributed by atoms with Gasteiger partial charge in [-0.3, -0.25) is 24.8 Å². The largest absolute Gasteiger partial charge is 0.465 e. The molecule has 0 aliphatic carbocycles. The number of nitro groups is 1. The summed E-state index contributed by atoms with van der Waals surface area (Å²) in [6, 6.07) is 10.2. The average molecular weight is 428 g/mol. The van der Waals surface area contributed by atoms with Crippen LogP contribution in [0, 0.1) is 10.1 Å². The zero-order valence-corrected chi connectivity index (χ0v) is 17.1. The Morgan fingerprint density at radius 1 is 1.32 bits per heavy atom. The summed E-state index contributed by atoms with van der Waals surface area (Å²) in [6.45, 7) is 0.185. The van der Waals surface area contributed by atoms with Gasteiger partial charge in [0, 0.05) is 36.9 Å². The average Bonchev–Trinajstić information content (AvgIpc) is 3.31. The first-order chi connectivity index (χ1) is 14.9. The molecule has 2 atom stereocenters. The second-order valence-electron chi connectivity index (χ2n) is 7.30. The van der Waals surface area contributed by atoms with E-state index < -0.39 is 23.6 Å². The van der Waals surface area contributed by atoms with Crippen molar-refractivity contribution in [3.63, 3.8) is 0 Å². The van der Waals surface area contributed by atoms with Gasteiger partial charge < -0.3 is 14.7 Å². The van der Waals surface area contributed by atoms with Crippen LogP contribution in [0.3, 0.4) is 0 Å². The number of carboxylic acid groups (broad SMARTS) is 1. The fraction of sp³-hybridized carbons (Fsp3) is 0.381. The molecule has 2 unspecified atom stereocenters. The summed E-state index contributed by atoms with van der Waals surface area (Å²) in [5, 5.41) is 21.3. The minimum atomic E-state index is -1.42. The van der Waals surface area contributed by atoms with Gasteiger partial charge in [0.15, 0.2) is 0 Å². The summed E-state index contributed by atoms with van der Waals surface area (Å²) < 4.78 is 5.52. The number of amides is 2. The number of carbonyl (C=O) groups excluding carboxylic acids is 1. The molecule has 2 heterocycles.